The number of alkyl carbamates (subject to hydrolysis) is 2. The SMILES string of the molecule is CC(C)[C@H](NC(=O)OC1(C)CC1)C(=O)N1CCC(F)(F)C[C@H]1c1ncc(-c2ccc(-c3ccc4c(ccc5[nH]c([C@@H]6C[Si](C)(C)CN6C(=O)[C@@H](NC(=O)OC6(C)CC6)C(C)C)nc54)c3)cc2)[nH]1. The first kappa shape index (κ1) is 46.3. The summed E-state index contributed by atoms with van der Waals surface area (Å²) < 4.78 is 41.1. The van der Waals surface area contributed by atoms with Crippen LogP contribution >= 0.6 is 0 Å². The molecule has 2 aliphatic carbocycles. The number of fused-ring (bicyclic) bond motifs is 3. The average Bonchev–Trinajstić information content (AvgIpc) is 3.93. The number of imidazole rings is 2. The number of likely N-dealkylation sites (tertiary alicyclic amines) is 1. The number of amides is 4. The molecular weight excluding hydrogens is 875 g/mol. The second kappa shape index (κ2) is 17.0. The van der Waals surface area contributed by atoms with Crippen LogP contribution in [0.25, 0.3) is 44.2 Å². The molecule has 4 atom stereocenters. The zero-order chi connectivity index (χ0) is 47.8. The molecule has 4 heterocycles. The van der Waals surface area contributed by atoms with Crippen LogP contribution in [0.5, 0.6) is 0 Å². The molecule has 2 saturated heterocycles. The first-order valence-electron chi connectivity index (χ1n) is 23.6. The van der Waals surface area contributed by atoms with Crippen LogP contribution in [0.3, 0.4) is 0 Å². The lowest BCUT2D eigenvalue weighted by Gasteiger charge is -2.40. The predicted molar refractivity (Wildman–Crippen MR) is 254 cm³/mol. The number of carbonyl (C=O) groups excluding carboxylic acids is 4. The highest BCUT2D eigenvalue weighted by Crippen LogP contribution is 2.43. The number of carbonyl (C=O) groups is 4. The minimum Gasteiger partial charge on any atom is -0.443 e. The van der Waals surface area contributed by atoms with Gasteiger partial charge >= 0.3 is 12.2 Å². The Kier molecular flexibility index (Phi) is 11.8. The number of ether oxygens (including phenoxy) is 2. The minimum atomic E-state index is -3.00. The van der Waals surface area contributed by atoms with E-state index in [1.165, 1.54) is 4.90 Å². The first-order chi connectivity index (χ1) is 31.6. The van der Waals surface area contributed by atoms with Crippen molar-refractivity contribution >= 4 is 53.9 Å². The molecule has 4 N–H and O–H groups in total. The van der Waals surface area contributed by atoms with E-state index in [0.29, 0.717) is 11.9 Å². The van der Waals surface area contributed by atoms with Crippen molar-refractivity contribution in [2.75, 3.05) is 12.7 Å². The Labute approximate surface area is 390 Å². The average molecular weight is 937 g/mol. The van der Waals surface area contributed by atoms with E-state index in [4.69, 9.17) is 14.5 Å². The molecule has 2 aliphatic heterocycles. The maximum atomic E-state index is 15.0. The number of nitrogens with one attached hydrogen (secondary N) is 4. The van der Waals surface area contributed by atoms with Crippen LogP contribution < -0.4 is 10.6 Å². The van der Waals surface area contributed by atoms with E-state index < -0.39 is 74.3 Å². The van der Waals surface area contributed by atoms with Crippen molar-refractivity contribution in [2.24, 2.45) is 11.8 Å². The Balaban J connectivity index is 0.914. The second-order valence-corrected chi connectivity index (χ2v) is 26.5. The molecule has 14 nitrogen and oxygen atoms in total. The van der Waals surface area contributed by atoms with Gasteiger partial charge < -0.3 is 39.9 Å². The molecule has 2 aromatic heterocycles. The van der Waals surface area contributed by atoms with E-state index in [1.54, 1.807) is 20.0 Å². The third-order valence-electron chi connectivity index (χ3n) is 14.1. The fourth-order valence-electron chi connectivity index (χ4n) is 9.54. The van der Waals surface area contributed by atoms with Crippen molar-refractivity contribution in [3.8, 4) is 22.4 Å². The number of aromatic nitrogens is 4. The van der Waals surface area contributed by atoms with E-state index in [9.17, 15) is 28.0 Å². The summed E-state index contributed by atoms with van der Waals surface area (Å²) in [6.07, 6.45) is 3.07. The number of piperidine rings is 1. The number of hydrogen-bond acceptors (Lipinski definition) is 8. The van der Waals surface area contributed by atoms with E-state index in [2.05, 4.69) is 62.9 Å². The third kappa shape index (κ3) is 9.79. The third-order valence-corrected chi connectivity index (χ3v) is 16.8. The molecule has 4 aliphatic rings. The van der Waals surface area contributed by atoms with Crippen molar-refractivity contribution in [1.29, 1.82) is 0 Å². The van der Waals surface area contributed by atoms with E-state index in [-0.39, 0.29) is 36.2 Å². The molecule has 0 spiro atoms. The number of alkyl halides is 2. The first-order valence-corrected chi connectivity index (χ1v) is 27.1. The fourth-order valence-corrected chi connectivity index (χ4v) is 12.4. The minimum absolute atomic E-state index is 0.120. The van der Waals surface area contributed by atoms with E-state index in [1.807, 2.05) is 62.9 Å². The van der Waals surface area contributed by atoms with Crippen LogP contribution in [-0.4, -0.2) is 104 Å². The van der Waals surface area contributed by atoms with Crippen molar-refractivity contribution in [3.05, 3.63) is 72.4 Å². The molecule has 0 bridgehead atoms. The van der Waals surface area contributed by atoms with E-state index in [0.717, 1.165) is 76.0 Å². The highest BCUT2D eigenvalue weighted by Gasteiger charge is 2.49. The van der Waals surface area contributed by atoms with Crippen LogP contribution in [0.1, 0.15) is 104 Å². The van der Waals surface area contributed by atoms with E-state index >= 15 is 0 Å². The number of halogens is 2. The lowest BCUT2D eigenvalue weighted by atomic mass is 9.94. The fraction of sp³-hybridized carbons (Fsp3) is 0.520. The topological polar surface area (TPSA) is 175 Å². The molecular formula is C50H62F2N8O6Si. The summed E-state index contributed by atoms with van der Waals surface area (Å²) >= 11 is 0. The summed E-state index contributed by atoms with van der Waals surface area (Å²) in [6, 6.07) is 16.1. The lowest BCUT2D eigenvalue weighted by Crippen LogP contribution is -2.55. The largest absolute Gasteiger partial charge is 0.443 e. The van der Waals surface area contributed by atoms with Gasteiger partial charge in [0, 0.05) is 30.9 Å². The van der Waals surface area contributed by atoms with Crippen LogP contribution in [0.2, 0.25) is 19.1 Å². The Morgan fingerprint density at radius 1 is 0.746 bits per heavy atom. The molecule has 67 heavy (non-hydrogen) atoms. The second-order valence-electron chi connectivity index (χ2n) is 21.4. The van der Waals surface area contributed by atoms with Gasteiger partial charge in [-0.05, 0) is 91.6 Å². The number of H-pyrrole nitrogens is 2. The summed E-state index contributed by atoms with van der Waals surface area (Å²) in [5.41, 5.74) is 4.09. The van der Waals surface area contributed by atoms with Gasteiger partial charge in [0.1, 0.15) is 34.9 Å². The number of rotatable bonds is 12. The summed E-state index contributed by atoms with van der Waals surface area (Å²) in [5.74, 6) is -3.04. The molecule has 4 fully saturated rings. The van der Waals surface area contributed by atoms with Crippen LogP contribution in [-0.2, 0) is 19.1 Å². The van der Waals surface area contributed by atoms with Crippen molar-refractivity contribution < 1.29 is 37.4 Å². The molecule has 4 amide bonds. The van der Waals surface area contributed by atoms with Gasteiger partial charge in [-0.15, -0.1) is 0 Å². The van der Waals surface area contributed by atoms with Gasteiger partial charge in [-0.3, -0.25) is 9.59 Å². The normalized spacial score (nSPS) is 22.1. The molecule has 17 heteroatoms. The number of hydrogen-bond donors (Lipinski definition) is 4. The Hall–Kier alpha value is -5.84. The zero-order valence-corrected chi connectivity index (χ0v) is 40.6. The van der Waals surface area contributed by atoms with Gasteiger partial charge in [0.25, 0.3) is 5.92 Å². The Morgan fingerprint density at radius 2 is 1.33 bits per heavy atom. The van der Waals surface area contributed by atoms with Crippen molar-refractivity contribution in [3.63, 3.8) is 0 Å². The van der Waals surface area contributed by atoms with Crippen molar-refractivity contribution in [2.45, 2.75) is 140 Å². The molecule has 3 aromatic carbocycles. The summed E-state index contributed by atoms with van der Waals surface area (Å²) in [4.78, 5) is 73.6. The van der Waals surface area contributed by atoms with Gasteiger partial charge in [-0.1, -0.05) is 83.3 Å². The molecule has 0 radical (unpaired) electrons. The van der Waals surface area contributed by atoms with Gasteiger partial charge in [-0.25, -0.2) is 28.3 Å². The standard InChI is InChI=1S/C50H62F2N8O6Si/c1-28(2)39(57-46(63)65-48(5)17-18-48)44(61)59-22-21-50(51,52)24-37(59)42-53-25-36(55-42)31-11-9-30(10-12-31)32-13-15-34-33(23-32)14-16-35-41(34)56-43(54-35)38-26-67(7,8)27-60(38)45(62)40(29(3)4)58-47(64)66-49(6)19-20-49/h9-16,23,25,28-29,37-40H,17-22,24,26-27H2,1-8H3,(H,53,55)(H,54,56)(H,57,63)(H,58,64)/t37-,38-,39-,40-/m0/s1. The zero-order valence-electron chi connectivity index (χ0n) is 39.6. The van der Waals surface area contributed by atoms with Crippen LogP contribution in [0, 0.1) is 11.8 Å². The molecule has 5 aromatic rings. The van der Waals surface area contributed by atoms with Gasteiger partial charge in [0.05, 0.1) is 43.1 Å². The quantitative estimate of drug-likeness (QED) is 0.0895. The Morgan fingerprint density at radius 3 is 1.93 bits per heavy atom. The number of benzene rings is 3. The summed E-state index contributed by atoms with van der Waals surface area (Å²) in [6.45, 7) is 15.6. The Bertz CT molecular complexity index is 2730. The predicted octanol–water partition coefficient (Wildman–Crippen LogP) is 9.81. The smallest absolute Gasteiger partial charge is 0.408 e. The summed E-state index contributed by atoms with van der Waals surface area (Å²) in [7, 11) is -1.83. The van der Waals surface area contributed by atoms with Gasteiger partial charge in [-0.2, -0.15) is 0 Å². The van der Waals surface area contributed by atoms with Gasteiger partial charge in [0.15, 0.2) is 0 Å². The maximum Gasteiger partial charge on any atom is 0.408 e. The number of nitrogens with zero attached hydrogens (tertiary/aromatic N) is 4. The van der Waals surface area contributed by atoms with Crippen molar-refractivity contribution in [1.82, 2.24) is 40.4 Å². The lowest BCUT2D eigenvalue weighted by molar-refractivity contribution is -0.147. The molecule has 356 valence electrons. The van der Waals surface area contributed by atoms with Gasteiger partial charge in [0.2, 0.25) is 11.8 Å². The maximum absolute atomic E-state index is 15.0. The molecule has 9 rings (SSSR count). The highest BCUT2D eigenvalue weighted by molar-refractivity contribution is 6.78. The van der Waals surface area contributed by atoms with Crippen LogP contribution in [0.4, 0.5) is 18.4 Å². The molecule has 0 unspecified atom stereocenters. The monoisotopic (exact) mass is 936 g/mol. The molecule has 2 saturated carbocycles. The van der Waals surface area contributed by atoms with Crippen LogP contribution in [0.15, 0.2) is 60.8 Å². The highest BCUT2D eigenvalue weighted by atomic mass is 28.3. The summed E-state index contributed by atoms with van der Waals surface area (Å²) in [5, 5.41) is 7.56. The number of aromatic amines is 2.